The quantitative estimate of drug-likeness (QED) is 0.477. The van der Waals surface area contributed by atoms with E-state index in [0.717, 1.165) is 19.5 Å². The number of amides is 1. The van der Waals surface area contributed by atoms with Gasteiger partial charge in [-0.25, -0.2) is 0 Å². The molecule has 3 nitrogen and oxygen atoms in total. The van der Waals surface area contributed by atoms with Gasteiger partial charge in [0.1, 0.15) is 0 Å². The number of hydrogen-bond donors (Lipinski definition) is 2. The molecular formula is C10H16N2O. The lowest BCUT2D eigenvalue weighted by Gasteiger charge is -2.07. The van der Waals surface area contributed by atoms with Crippen molar-refractivity contribution in [3.8, 4) is 12.3 Å². The second-order valence-electron chi connectivity index (χ2n) is 3.37. The molecule has 1 aliphatic heterocycles. The zero-order valence-electron chi connectivity index (χ0n) is 7.81. The third-order valence-corrected chi connectivity index (χ3v) is 2.23. The van der Waals surface area contributed by atoms with Gasteiger partial charge >= 0.3 is 0 Å². The molecule has 2 N–H and O–H groups in total. The monoisotopic (exact) mass is 180 g/mol. The van der Waals surface area contributed by atoms with Gasteiger partial charge in [0.15, 0.2) is 0 Å². The molecule has 3 heteroatoms. The van der Waals surface area contributed by atoms with Gasteiger partial charge in [-0.3, -0.25) is 4.79 Å². The van der Waals surface area contributed by atoms with Crippen molar-refractivity contribution in [2.24, 2.45) is 5.92 Å². The van der Waals surface area contributed by atoms with Crippen molar-refractivity contribution in [1.82, 2.24) is 10.6 Å². The highest BCUT2D eigenvalue weighted by Crippen LogP contribution is 2.11. The summed E-state index contributed by atoms with van der Waals surface area (Å²) in [5.74, 6) is 3.14. The van der Waals surface area contributed by atoms with E-state index < -0.39 is 0 Å². The van der Waals surface area contributed by atoms with E-state index in [1.54, 1.807) is 0 Å². The molecule has 0 aliphatic carbocycles. The smallest absolute Gasteiger partial charge is 0.220 e. The number of rotatable bonds is 4. The van der Waals surface area contributed by atoms with Gasteiger partial charge in [0.25, 0.3) is 0 Å². The van der Waals surface area contributed by atoms with Crippen molar-refractivity contribution in [3.05, 3.63) is 0 Å². The molecule has 72 valence electrons. The molecule has 13 heavy (non-hydrogen) atoms. The van der Waals surface area contributed by atoms with Gasteiger partial charge in [0.2, 0.25) is 5.91 Å². The molecule has 0 aromatic carbocycles. The fraction of sp³-hybridized carbons (Fsp3) is 0.700. The van der Waals surface area contributed by atoms with Crippen molar-refractivity contribution < 1.29 is 4.79 Å². The van der Waals surface area contributed by atoms with Gasteiger partial charge in [-0.15, -0.1) is 12.3 Å². The fourth-order valence-electron chi connectivity index (χ4n) is 1.50. The van der Waals surface area contributed by atoms with E-state index in [-0.39, 0.29) is 5.91 Å². The first-order chi connectivity index (χ1) is 6.33. The van der Waals surface area contributed by atoms with Crippen LogP contribution in [-0.4, -0.2) is 25.5 Å². The van der Waals surface area contributed by atoms with Gasteiger partial charge in [-0.1, -0.05) is 0 Å². The van der Waals surface area contributed by atoms with Crippen LogP contribution in [0.15, 0.2) is 0 Å². The number of terminal acetylenes is 1. The highest BCUT2D eigenvalue weighted by molar-refractivity contribution is 5.76. The summed E-state index contributed by atoms with van der Waals surface area (Å²) >= 11 is 0. The molecule has 1 atom stereocenters. The van der Waals surface area contributed by atoms with Gasteiger partial charge in [-0.05, 0) is 25.4 Å². The van der Waals surface area contributed by atoms with Crippen molar-refractivity contribution >= 4 is 5.91 Å². The summed E-state index contributed by atoms with van der Waals surface area (Å²) in [6, 6.07) is 0. The van der Waals surface area contributed by atoms with E-state index in [2.05, 4.69) is 16.6 Å². The van der Waals surface area contributed by atoms with E-state index in [1.807, 2.05) is 0 Å². The molecule has 0 bridgehead atoms. The third-order valence-electron chi connectivity index (χ3n) is 2.23. The van der Waals surface area contributed by atoms with Crippen molar-refractivity contribution in [3.63, 3.8) is 0 Å². The molecule has 1 saturated heterocycles. The molecule has 1 aliphatic rings. The molecule has 0 saturated carbocycles. The number of nitrogens with one attached hydrogen (secondary N) is 2. The molecule has 0 aromatic rings. The minimum absolute atomic E-state index is 0.129. The van der Waals surface area contributed by atoms with Crippen LogP contribution in [0.5, 0.6) is 0 Å². The fourth-order valence-corrected chi connectivity index (χ4v) is 1.50. The Morgan fingerprint density at radius 2 is 2.54 bits per heavy atom. The maximum atomic E-state index is 11.3. The van der Waals surface area contributed by atoms with Crippen LogP contribution in [0.25, 0.3) is 0 Å². The van der Waals surface area contributed by atoms with E-state index >= 15 is 0 Å². The van der Waals surface area contributed by atoms with Crippen LogP contribution >= 0.6 is 0 Å². The van der Waals surface area contributed by atoms with Crippen LogP contribution in [0.4, 0.5) is 0 Å². The van der Waals surface area contributed by atoms with Crippen LogP contribution < -0.4 is 10.6 Å². The minimum Gasteiger partial charge on any atom is -0.355 e. The normalized spacial score (nSPS) is 21.0. The zero-order valence-corrected chi connectivity index (χ0v) is 7.81. The maximum absolute atomic E-state index is 11.3. The largest absolute Gasteiger partial charge is 0.355 e. The first-order valence-corrected chi connectivity index (χ1v) is 4.74. The van der Waals surface area contributed by atoms with Gasteiger partial charge in [0, 0.05) is 19.4 Å². The SMILES string of the molecule is C#CCCNC(=O)CC1CCNC1. The molecule has 0 aromatic heterocycles. The lowest BCUT2D eigenvalue weighted by Crippen LogP contribution is -2.26. The Balaban J connectivity index is 2.07. The molecular weight excluding hydrogens is 164 g/mol. The van der Waals surface area contributed by atoms with E-state index in [4.69, 9.17) is 6.42 Å². The molecule has 0 radical (unpaired) electrons. The standard InChI is InChI=1S/C10H16N2O/c1-2-3-5-12-10(13)7-9-4-6-11-8-9/h1,9,11H,3-8H2,(H,12,13). The highest BCUT2D eigenvalue weighted by Gasteiger charge is 2.17. The summed E-state index contributed by atoms with van der Waals surface area (Å²) in [6.45, 7) is 2.63. The number of carbonyl (C=O) groups is 1. The lowest BCUT2D eigenvalue weighted by molar-refractivity contribution is -0.121. The topological polar surface area (TPSA) is 41.1 Å². The first-order valence-electron chi connectivity index (χ1n) is 4.74. The summed E-state index contributed by atoms with van der Waals surface area (Å²) < 4.78 is 0. The predicted octanol–water partition coefficient (Wildman–Crippen LogP) is 0.126. The second-order valence-corrected chi connectivity index (χ2v) is 3.37. The second kappa shape index (κ2) is 5.60. The Labute approximate surface area is 79.3 Å². The molecule has 1 amide bonds. The van der Waals surface area contributed by atoms with Crippen LogP contribution in [0, 0.1) is 18.3 Å². The first kappa shape index (κ1) is 10.1. The van der Waals surface area contributed by atoms with Gasteiger partial charge in [-0.2, -0.15) is 0 Å². The van der Waals surface area contributed by atoms with Crippen LogP contribution in [-0.2, 0) is 4.79 Å². The predicted molar refractivity (Wildman–Crippen MR) is 52.1 cm³/mol. The van der Waals surface area contributed by atoms with Crippen LogP contribution in [0.1, 0.15) is 19.3 Å². The Morgan fingerprint density at radius 1 is 1.69 bits per heavy atom. The highest BCUT2D eigenvalue weighted by atomic mass is 16.1. The molecule has 1 fully saturated rings. The third kappa shape index (κ3) is 3.95. The summed E-state index contributed by atoms with van der Waals surface area (Å²) in [5, 5.41) is 6.03. The van der Waals surface area contributed by atoms with Crippen molar-refractivity contribution in [2.45, 2.75) is 19.3 Å². The summed E-state index contributed by atoms with van der Waals surface area (Å²) in [4.78, 5) is 11.3. The van der Waals surface area contributed by atoms with E-state index in [0.29, 0.717) is 25.3 Å². The van der Waals surface area contributed by atoms with Crippen LogP contribution in [0.3, 0.4) is 0 Å². The Hall–Kier alpha value is -1.01. The maximum Gasteiger partial charge on any atom is 0.220 e. The summed E-state index contributed by atoms with van der Waals surface area (Å²) in [5.41, 5.74) is 0. The van der Waals surface area contributed by atoms with Crippen molar-refractivity contribution in [2.75, 3.05) is 19.6 Å². The van der Waals surface area contributed by atoms with E-state index in [1.165, 1.54) is 0 Å². The molecule has 1 rings (SSSR count). The molecule has 0 spiro atoms. The average molecular weight is 180 g/mol. The van der Waals surface area contributed by atoms with Crippen molar-refractivity contribution in [1.29, 1.82) is 0 Å². The molecule has 1 unspecified atom stereocenters. The van der Waals surface area contributed by atoms with E-state index in [9.17, 15) is 4.79 Å². The zero-order chi connectivity index (χ0) is 9.52. The van der Waals surface area contributed by atoms with Gasteiger partial charge in [0.05, 0.1) is 0 Å². The Morgan fingerprint density at radius 3 is 3.15 bits per heavy atom. The minimum atomic E-state index is 0.129. The Kier molecular flexibility index (Phi) is 4.34. The summed E-state index contributed by atoms with van der Waals surface area (Å²) in [6.07, 6.45) is 7.44. The number of hydrogen-bond acceptors (Lipinski definition) is 2. The number of carbonyl (C=O) groups excluding carboxylic acids is 1. The van der Waals surface area contributed by atoms with Gasteiger partial charge < -0.3 is 10.6 Å². The molecule has 1 heterocycles. The summed E-state index contributed by atoms with van der Waals surface area (Å²) in [7, 11) is 0. The lowest BCUT2D eigenvalue weighted by atomic mass is 10.0. The average Bonchev–Trinajstić information content (AvgIpc) is 2.57. The Bertz CT molecular complexity index is 201. The van der Waals surface area contributed by atoms with Crippen LogP contribution in [0.2, 0.25) is 0 Å².